The Morgan fingerprint density at radius 2 is 1.64 bits per heavy atom. The number of methoxy groups -OCH3 is 1. The average molecular weight is 505 g/mol. The molecule has 0 unspecified atom stereocenters. The molecular formula is C26H24N4O5S. The Kier molecular flexibility index (Phi) is 7.00. The van der Waals surface area contributed by atoms with E-state index in [0.717, 1.165) is 4.31 Å². The van der Waals surface area contributed by atoms with Crippen molar-refractivity contribution in [1.29, 1.82) is 0 Å². The molecule has 0 heterocycles. The molecule has 0 fully saturated rings. The van der Waals surface area contributed by atoms with Crippen LogP contribution in [0.25, 0.3) is 10.8 Å². The minimum atomic E-state index is -3.72. The van der Waals surface area contributed by atoms with Gasteiger partial charge in [0.2, 0.25) is 10.0 Å². The summed E-state index contributed by atoms with van der Waals surface area (Å²) in [5.41, 5.74) is 0.793. The van der Waals surface area contributed by atoms with E-state index in [9.17, 15) is 18.3 Å². The lowest BCUT2D eigenvalue weighted by atomic mass is 10.0. The largest absolute Gasteiger partial charge is 0.505 e. The molecule has 0 aliphatic heterocycles. The fourth-order valence-corrected chi connectivity index (χ4v) is 4.46. The number of fused-ring (bicyclic) bond motifs is 1. The molecule has 2 N–H and O–H groups in total. The number of nitrogens with one attached hydrogen (secondary N) is 1. The van der Waals surface area contributed by atoms with Crippen LogP contribution in [0.15, 0.2) is 94.0 Å². The van der Waals surface area contributed by atoms with Crippen molar-refractivity contribution in [3.05, 3.63) is 84.4 Å². The predicted octanol–water partition coefficient (Wildman–Crippen LogP) is 5.47. The summed E-state index contributed by atoms with van der Waals surface area (Å²) in [6, 6.07) is 21.8. The Balaban J connectivity index is 1.82. The van der Waals surface area contributed by atoms with Gasteiger partial charge in [0.15, 0.2) is 5.75 Å². The molecule has 0 aromatic heterocycles. The first kappa shape index (κ1) is 24.8. The first-order valence-electron chi connectivity index (χ1n) is 10.9. The van der Waals surface area contributed by atoms with Crippen LogP contribution in [0.3, 0.4) is 0 Å². The lowest BCUT2D eigenvalue weighted by molar-refractivity contribution is 0.102. The Morgan fingerprint density at radius 1 is 0.944 bits per heavy atom. The van der Waals surface area contributed by atoms with Crippen LogP contribution in [-0.2, 0) is 10.0 Å². The first-order chi connectivity index (χ1) is 17.2. The van der Waals surface area contributed by atoms with Gasteiger partial charge in [-0.05, 0) is 41.8 Å². The standard InChI is InChI=1S/C26H24N4O5S/c1-30(2)36(33,34)19-13-14-23(35-3)22(16-19)28-29-24-20-12-8-7-9-17(20)15-21(25(24)31)26(32)27-18-10-5-4-6-11-18/h4-16,31H,1-3H3,(H,27,32)/b29-28+. The van der Waals surface area contributed by atoms with Crippen LogP contribution in [0.5, 0.6) is 11.5 Å². The topological polar surface area (TPSA) is 121 Å². The highest BCUT2D eigenvalue weighted by atomic mass is 32.2. The van der Waals surface area contributed by atoms with Crippen molar-refractivity contribution in [3.63, 3.8) is 0 Å². The molecule has 36 heavy (non-hydrogen) atoms. The molecule has 1 amide bonds. The Morgan fingerprint density at radius 3 is 2.33 bits per heavy atom. The van der Waals surface area contributed by atoms with Crippen LogP contribution in [0.1, 0.15) is 10.4 Å². The van der Waals surface area contributed by atoms with E-state index in [4.69, 9.17) is 4.74 Å². The maximum atomic E-state index is 13.0. The summed E-state index contributed by atoms with van der Waals surface area (Å²) in [4.78, 5) is 13.0. The number of phenolic OH excluding ortho intramolecular Hbond substituents is 1. The number of ether oxygens (including phenoxy) is 1. The van der Waals surface area contributed by atoms with E-state index in [-0.39, 0.29) is 27.6 Å². The van der Waals surface area contributed by atoms with Gasteiger partial charge in [-0.15, -0.1) is 10.2 Å². The third-order valence-corrected chi connectivity index (χ3v) is 7.27. The SMILES string of the molecule is COc1ccc(S(=O)(=O)N(C)C)cc1/N=N/c1c(O)c(C(=O)Nc2ccccc2)cc2ccccc12. The fourth-order valence-electron chi connectivity index (χ4n) is 3.53. The molecule has 4 rings (SSSR count). The maximum absolute atomic E-state index is 13.0. The Bertz CT molecular complexity index is 1570. The third-order valence-electron chi connectivity index (χ3n) is 5.46. The van der Waals surface area contributed by atoms with Crippen molar-refractivity contribution in [2.45, 2.75) is 4.90 Å². The predicted molar refractivity (Wildman–Crippen MR) is 138 cm³/mol. The van der Waals surface area contributed by atoms with Gasteiger partial charge in [-0.25, -0.2) is 12.7 Å². The summed E-state index contributed by atoms with van der Waals surface area (Å²) in [5.74, 6) is -0.585. The summed E-state index contributed by atoms with van der Waals surface area (Å²) in [6.07, 6.45) is 0. The summed E-state index contributed by atoms with van der Waals surface area (Å²) < 4.78 is 31.6. The fraction of sp³-hybridized carbons (Fsp3) is 0.115. The van der Waals surface area contributed by atoms with Gasteiger partial charge in [0.25, 0.3) is 5.91 Å². The molecule has 0 saturated carbocycles. The van der Waals surface area contributed by atoms with Gasteiger partial charge in [0.05, 0.1) is 17.6 Å². The van der Waals surface area contributed by atoms with Crippen molar-refractivity contribution >= 4 is 43.8 Å². The summed E-state index contributed by atoms with van der Waals surface area (Å²) in [7, 11) is 0.557. The number of sulfonamides is 1. The van der Waals surface area contributed by atoms with E-state index in [1.54, 1.807) is 54.6 Å². The first-order valence-corrected chi connectivity index (χ1v) is 12.3. The quantitative estimate of drug-likeness (QED) is 0.323. The minimum Gasteiger partial charge on any atom is -0.505 e. The number of azo groups is 1. The maximum Gasteiger partial charge on any atom is 0.259 e. The number of rotatable bonds is 7. The number of anilines is 1. The zero-order chi connectivity index (χ0) is 25.9. The van der Waals surface area contributed by atoms with E-state index in [2.05, 4.69) is 15.5 Å². The van der Waals surface area contributed by atoms with E-state index in [1.165, 1.54) is 39.4 Å². The molecular weight excluding hydrogens is 480 g/mol. The summed E-state index contributed by atoms with van der Waals surface area (Å²) in [5, 5.41) is 23.5. The van der Waals surface area contributed by atoms with Crippen LogP contribution < -0.4 is 10.1 Å². The Hall–Kier alpha value is -4.28. The molecule has 9 nitrogen and oxygen atoms in total. The zero-order valence-corrected chi connectivity index (χ0v) is 20.7. The van der Waals surface area contributed by atoms with Crippen LogP contribution >= 0.6 is 0 Å². The number of aromatic hydroxyl groups is 1. The molecule has 0 saturated heterocycles. The number of para-hydroxylation sites is 1. The lowest BCUT2D eigenvalue weighted by Crippen LogP contribution is -2.22. The smallest absolute Gasteiger partial charge is 0.259 e. The van der Waals surface area contributed by atoms with Gasteiger partial charge < -0.3 is 15.2 Å². The molecule has 4 aromatic rings. The van der Waals surface area contributed by atoms with Crippen LogP contribution in [0.4, 0.5) is 17.1 Å². The number of nitrogens with zero attached hydrogens (tertiary/aromatic N) is 3. The van der Waals surface area contributed by atoms with Crippen molar-refractivity contribution in [2.75, 3.05) is 26.5 Å². The number of hydrogen-bond acceptors (Lipinski definition) is 7. The van der Waals surface area contributed by atoms with Crippen LogP contribution in [0.2, 0.25) is 0 Å². The molecule has 184 valence electrons. The van der Waals surface area contributed by atoms with Crippen molar-refractivity contribution in [3.8, 4) is 11.5 Å². The molecule has 4 aromatic carbocycles. The summed E-state index contributed by atoms with van der Waals surface area (Å²) in [6.45, 7) is 0. The number of benzene rings is 4. The van der Waals surface area contributed by atoms with Gasteiger partial charge in [-0.1, -0.05) is 42.5 Å². The molecule has 0 radical (unpaired) electrons. The highest BCUT2D eigenvalue weighted by Gasteiger charge is 2.21. The molecule has 0 aliphatic carbocycles. The zero-order valence-electron chi connectivity index (χ0n) is 19.8. The van der Waals surface area contributed by atoms with E-state index < -0.39 is 15.9 Å². The Labute approximate surface area is 208 Å². The second-order valence-corrected chi connectivity index (χ2v) is 10.1. The highest BCUT2D eigenvalue weighted by molar-refractivity contribution is 7.89. The minimum absolute atomic E-state index is 0.00678. The van der Waals surface area contributed by atoms with E-state index >= 15 is 0 Å². The number of amides is 1. The summed E-state index contributed by atoms with van der Waals surface area (Å²) >= 11 is 0. The second-order valence-electron chi connectivity index (χ2n) is 7.98. The van der Waals surface area contributed by atoms with Crippen LogP contribution in [0, 0.1) is 0 Å². The molecule has 0 aliphatic rings. The van der Waals surface area contributed by atoms with Gasteiger partial charge in [-0.3, -0.25) is 4.79 Å². The van der Waals surface area contributed by atoms with Gasteiger partial charge in [0.1, 0.15) is 17.1 Å². The van der Waals surface area contributed by atoms with E-state index in [0.29, 0.717) is 22.2 Å². The number of carbonyl (C=O) groups excluding carboxylic acids is 1. The number of hydrogen-bond donors (Lipinski definition) is 2. The van der Waals surface area contributed by atoms with Gasteiger partial charge >= 0.3 is 0 Å². The van der Waals surface area contributed by atoms with Crippen molar-refractivity contribution in [1.82, 2.24) is 4.31 Å². The van der Waals surface area contributed by atoms with Crippen molar-refractivity contribution < 1.29 is 23.1 Å². The highest BCUT2D eigenvalue weighted by Crippen LogP contribution is 2.41. The third kappa shape index (κ3) is 4.90. The van der Waals surface area contributed by atoms with Gasteiger partial charge in [0, 0.05) is 25.2 Å². The van der Waals surface area contributed by atoms with Crippen LogP contribution in [-0.4, -0.2) is 44.9 Å². The average Bonchev–Trinajstić information content (AvgIpc) is 2.88. The second kappa shape index (κ2) is 10.1. The van der Waals surface area contributed by atoms with E-state index in [1.807, 2.05) is 6.07 Å². The number of carbonyl (C=O) groups is 1. The van der Waals surface area contributed by atoms with Crippen molar-refractivity contribution in [2.24, 2.45) is 10.2 Å². The lowest BCUT2D eigenvalue weighted by Gasteiger charge is -2.13. The molecule has 10 heteroatoms. The normalized spacial score (nSPS) is 11.8. The van der Waals surface area contributed by atoms with Gasteiger partial charge in [-0.2, -0.15) is 0 Å². The molecule has 0 spiro atoms. The molecule has 0 atom stereocenters. The number of phenols is 1. The monoisotopic (exact) mass is 504 g/mol. The molecule has 0 bridgehead atoms.